The first-order valence-corrected chi connectivity index (χ1v) is 10.1. The van der Waals surface area contributed by atoms with E-state index in [1.165, 1.54) is 16.7 Å². The number of ether oxygens (including phenoxy) is 2. The van der Waals surface area contributed by atoms with Gasteiger partial charge in [-0.25, -0.2) is 9.67 Å². The minimum atomic E-state index is -0.679. The second kappa shape index (κ2) is 9.23. The first-order valence-electron chi connectivity index (χ1n) is 10.1. The highest BCUT2D eigenvalue weighted by Gasteiger charge is 2.29. The molecule has 2 atom stereocenters. The standard InChI is InChI=1S/C20H26N6O4/c21-19(28)20-22-14-26(23-20)17-7-6-16(30-17)13-29-18(27)12-24-8-10-25(11-9-24)15-4-2-1-3-5-15/h1-5,14,16-17H,6-13H2,(H2,21,28)/t16-,17+/m0/s1. The molecule has 2 aliphatic heterocycles. The van der Waals surface area contributed by atoms with Gasteiger partial charge in [-0.2, -0.15) is 0 Å². The second-order valence-electron chi connectivity index (χ2n) is 7.48. The number of hydrogen-bond donors (Lipinski definition) is 1. The van der Waals surface area contributed by atoms with Crippen molar-refractivity contribution in [2.24, 2.45) is 5.73 Å². The summed E-state index contributed by atoms with van der Waals surface area (Å²) in [6.07, 6.45) is 2.33. The number of amides is 1. The minimum Gasteiger partial charge on any atom is -0.462 e. The Balaban J connectivity index is 1.16. The Morgan fingerprint density at radius 2 is 1.90 bits per heavy atom. The van der Waals surface area contributed by atoms with Crippen molar-refractivity contribution in [2.45, 2.75) is 25.2 Å². The van der Waals surface area contributed by atoms with Crippen molar-refractivity contribution in [1.82, 2.24) is 19.7 Å². The van der Waals surface area contributed by atoms with E-state index < -0.39 is 5.91 Å². The van der Waals surface area contributed by atoms with Gasteiger partial charge in [0.2, 0.25) is 5.82 Å². The third-order valence-electron chi connectivity index (χ3n) is 5.39. The largest absolute Gasteiger partial charge is 0.462 e. The molecule has 1 aromatic carbocycles. The number of esters is 1. The summed E-state index contributed by atoms with van der Waals surface area (Å²) in [7, 11) is 0. The van der Waals surface area contributed by atoms with Crippen LogP contribution < -0.4 is 10.6 Å². The molecular formula is C20H26N6O4. The molecule has 0 bridgehead atoms. The lowest BCUT2D eigenvalue weighted by Crippen LogP contribution is -2.48. The summed E-state index contributed by atoms with van der Waals surface area (Å²) in [4.78, 5) is 31.6. The second-order valence-corrected chi connectivity index (χ2v) is 7.48. The summed E-state index contributed by atoms with van der Waals surface area (Å²) < 4.78 is 12.8. The summed E-state index contributed by atoms with van der Waals surface area (Å²) in [6.45, 7) is 3.90. The van der Waals surface area contributed by atoms with E-state index in [2.05, 4.69) is 32.0 Å². The molecule has 2 saturated heterocycles. The quantitative estimate of drug-likeness (QED) is 0.648. The van der Waals surface area contributed by atoms with E-state index in [1.807, 2.05) is 18.2 Å². The SMILES string of the molecule is NC(=O)c1ncn([C@H]2CC[C@@H](COC(=O)CN3CCN(c4ccccc4)CC3)O2)n1. The number of anilines is 1. The summed E-state index contributed by atoms with van der Waals surface area (Å²) in [5, 5.41) is 4.01. The number of nitrogens with zero attached hydrogens (tertiary/aromatic N) is 5. The first kappa shape index (κ1) is 20.3. The molecule has 2 N–H and O–H groups in total. The third kappa shape index (κ3) is 4.95. The van der Waals surface area contributed by atoms with Crippen molar-refractivity contribution < 1.29 is 19.1 Å². The highest BCUT2D eigenvalue weighted by atomic mass is 16.6. The predicted molar refractivity (Wildman–Crippen MR) is 108 cm³/mol. The van der Waals surface area contributed by atoms with Crippen LogP contribution in [-0.4, -0.2) is 77.0 Å². The van der Waals surface area contributed by atoms with Gasteiger partial charge in [0.25, 0.3) is 5.91 Å². The van der Waals surface area contributed by atoms with Gasteiger partial charge in [0.05, 0.1) is 12.6 Å². The molecule has 0 radical (unpaired) electrons. The summed E-state index contributed by atoms with van der Waals surface area (Å²) in [6, 6.07) is 10.3. The molecule has 0 spiro atoms. The smallest absolute Gasteiger partial charge is 0.320 e. The minimum absolute atomic E-state index is 0.0409. The Labute approximate surface area is 174 Å². The average molecular weight is 414 g/mol. The van der Waals surface area contributed by atoms with E-state index >= 15 is 0 Å². The van der Waals surface area contributed by atoms with E-state index in [1.54, 1.807) is 0 Å². The topological polar surface area (TPSA) is 116 Å². The Morgan fingerprint density at radius 3 is 2.60 bits per heavy atom. The molecule has 10 heteroatoms. The molecular weight excluding hydrogens is 388 g/mol. The number of hydrogen-bond acceptors (Lipinski definition) is 8. The van der Waals surface area contributed by atoms with Gasteiger partial charge in [0.15, 0.2) is 6.23 Å². The van der Waals surface area contributed by atoms with Gasteiger partial charge in [-0.15, -0.1) is 5.10 Å². The first-order chi connectivity index (χ1) is 14.6. The maximum Gasteiger partial charge on any atom is 0.320 e. The number of piperazine rings is 1. The summed E-state index contributed by atoms with van der Waals surface area (Å²) in [5.74, 6) is -0.963. The zero-order chi connectivity index (χ0) is 20.9. The van der Waals surface area contributed by atoms with Crippen molar-refractivity contribution in [3.63, 3.8) is 0 Å². The van der Waals surface area contributed by atoms with Gasteiger partial charge in [-0.1, -0.05) is 18.2 Å². The molecule has 0 unspecified atom stereocenters. The predicted octanol–water partition coefficient (Wildman–Crippen LogP) is 0.420. The van der Waals surface area contributed by atoms with Crippen LogP contribution >= 0.6 is 0 Å². The van der Waals surface area contributed by atoms with E-state index in [-0.39, 0.29) is 37.3 Å². The average Bonchev–Trinajstić information content (AvgIpc) is 3.43. The van der Waals surface area contributed by atoms with Gasteiger partial charge in [-0.05, 0) is 25.0 Å². The lowest BCUT2D eigenvalue weighted by molar-refractivity contribution is -0.149. The Bertz CT molecular complexity index is 865. The fourth-order valence-electron chi connectivity index (χ4n) is 3.75. The van der Waals surface area contributed by atoms with Crippen LogP contribution in [0.1, 0.15) is 29.7 Å². The van der Waals surface area contributed by atoms with Gasteiger partial charge in [0.1, 0.15) is 12.9 Å². The zero-order valence-electron chi connectivity index (χ0n) is 16.7. The molecule has 30 heavy (non-hydrogen) atoms. The molecule has 4 rings (SSSR count). The fraction of sp³-hybridized carbons (Fsp3) is 0.500. The normalized spacial score (nSPS) is 22.2. The molecule has 1 amide bonds. The van der Waals surface area contributed by atoms with Crippen LogP contribution in [0.25, 0.3) is 0 Å². The van der Waals surface area contributed by atoms with Crippen LogP contribution in [0, 0.1) is 0 Å². The number of aromatic nitrogens is 3. The van der Waals surface area contributed by atoms with Crippen LogP contribution in [0.3, 0.4) is 0 Å². The van der Waals surface area contributed by atoms with Gasteiger partial charge in [0, 0.05) is 31.9 Å². The summed E-state index contributed by atoms with van der Waals surface area (Å²) in [5.41, 5.74) is 6.38. The number of benzene rings is 1. The van der Waals surface area contributed by atoms with Crippen LogP contribution in [0.5, 0.6) is 0 Å². The maximum atomic E-state index is 12.2. The van der Waals surface area contributed by atoms with Gasteiger partial charge < -0.3 is 20.1 Å². The Hall–Kier alpha value is -2.98. The highest BCUT2D eigenvalue weighted by molar-refractivity contribution is 5.88. The Morgan fingerprint density at radius 1 is 1.13 bits per heavy atom. The van der Waals surface area contributed by atoms with Crippen molar-refractivity contribution in [3.05, 3.63) is 42.5 Å². The molecule has 3 heterocycles. The number of carbonyl (C=O) groups is 2. The molecule has 2 aromatic rings. The summed E-state index contributed by atoms with van der Waals surface area (Å²) >= 11 is 0. The van der Waals surface area contributed by atoms with Crippen molar-refractivity contribution in [1.29, 1.82) is 0 Å². The van der Waals surface area contributed by atoms with Gasteiger partial charge >= 0.3 is 5.97 Å². The van der Waals surface area contributed by atoms with Crippen LogP contribution in [0.15, 0.2) is 36.7 Å². The van der Waals surface area contributed by atoms with E-state index in [9.17, 15) is 9.59 Å². The monoisotopic (exact) mass is 414 g/mol. The molecule has 10 nitrogen and oxygen atoms in total. The number of primary amides is 1. The lowest BCUT2D eigenvalue weighted by Gasteiger charge is -2.35. The van der Waals surface area contributed by atoms with Crippen LogP contribution in [0.2, 0.25) is 0 Å². The van der Waals surface area contributed by atoms with Crippen LogP contribution in [0.4, 0.5) is 5.69 Å². The van der Waals surface area contributed by atoms with E-state index in [0.29, 0.717) is 6.42 Å². The fourth-order valence-corrected chi connectivity index (χ4v) is 3.75. The highest BCUT2D eigenvalue weighted by Crippen LogP contribution is 2.27. The molecule has 0 saturated carbocycles. The van der Waals surface area contributed by atoms with Crippen molar-refractivity contribution >= 4 is 17.6 Å². The number of carbonyl (C=O) groups excluding carboxylic acids is 2. The number of nitrogens with two attached hydrogens (primary N) is 1. The van der Waals surface area contributed by atoms with Crippen molar-refractivity contribution in [3.8, 4) is 0 Å². The zero-order valence-corrected chi connectivity index (χ0v) is 16.7. The molecule has 2 fully saturated rings. The molecule has 0 aliphatic carbocycles. The van der Waals surface area contributed by atoms with E-state index in [4.69, 9.17) is 15.2 Å². The van der Waals surface area contributed by atoms with E-state index in [0.717, 1.165) is 32.6 Å². The number of para-hydroxylation sites is 1. The van der Waals surface area contributed by atoms with Gasteiger partial charge in [-0.3, -0.25) is 14.5 Å². The molecule has 1 aromatic heterocycles. The molecule has 160 valence electrons. The third-order valence-corrected chi connectivity index (χ3v) is 5.39. The maximum absolute atomic E-state index is 12.2. The molecule has 2 aliphatic rings. The van der Waals surface area contributed by atoms with Crippen LogP contribution in [-0.2, 0) is 14.3 Å². The van der Waals surface area contributed by atoms with Crippen molar-refractivity contribution in [2.75, 3.05) is 44.2 Å². The lowest BCUT2D eigenvalue weighted by atomic mass is 10.2. The Kier molecular flexibility index (Phi) is 6.24. The number of rotatable bonds is 7.